The van der Waals surface area contributed by atoms with Crippen molar-refractivity contribution in [1.29, 1.82) is 0 Å². The molecule has 0 aliphatic heterocycles. The van der Waals surface area contributed by atoms with Crippen LogP contribution in [0.2, 0.25) is 0 Å². The highest BCUT2D eigenvalue weighted by Crippen LogP contribution is 2.21. The molecule has 0 unspecified atom stereocenters. The Morgan fingerprint density at radius 1 is 1.32 bits per heavy atom. The predicted octanol–water partition coefficient (Wildman–Crippen LogP) is 1.82. The van der Waals surface area contributed by atoms with E-state index in [1.165, 1.54) is 6.07 Å². The van der Waals surface area contributed by atoms with Gasteiger partial charge in [0.25, 0.3) is 0 Å². The lowest BCUT2D eigenvalue weighted by atomic mass is 10.2. The van der Waals surface area contributed by atoms with Crippen molar-refractivity contribution in [2.45, 2.75) is 10.8 Å². The molecule has 2 aromatic rings. The molecule has 0 fully saturated rings. The van der Waals surface area contributed by atoms with Crippen molar-refractivity contribution >= 4 is 27.0 Å². The van der Waals surface area contributed by atoms with Gasteiger partial charge in [-0.05, 0) is 23.8 Å². The van der Waals surface area contributed by atoms with Crippen molar-refractivity contribution in [2.75, 3.05) is 12.8 Å². The number of thiophene rings is 1. The molecule has 3 N–H and O–H groups in total. The minimum absolute atomic E-state index is 0.221. The molecule has 1 heterocycles. The van der Waals surface area contributed by atoms with Gasteiger partial charge in [0.1, 0.15) is 9.96 Å². The molecule has 0 atom stereocenters. The van der Waals surface area contributed by atoms with E-state index in [0.29, 0.717) is 5.69 Å². The molecule has 0 amide bonds. The Balaban J connectivity index is 2.05. The minimum atomic E-state index is -3.50. The smallest absolute Gasteiger partial charge is 0.250 e. The zero-order valence-corrected chi connectivity index (χ0v) is 11.9. The molecule has 19 heavy (non-hydrogen) atoms. The zero-order valence-electron chi connectivity index (χ0n) is 10.3. The Kier molecular flexibility index (Phi) is 4.08. The van der Waals surface area contributed by atoms with Gasteiger partial charge in [0.15, 0.2) is 0 Å². The number of methoxy groups -OCH3 is 1. The number of hydrogen-bond donors (Lipinski definition) is 2. The van der Waals surface area contributed by atoms with Crippen LogP contribution in [-0.2, 0) is 16.6 Å². The highest BCUT2D eigenvalue weighted by Gasteiger charge is 2.15. The molecule has 1 aromatic heterocycles. The second-order valence-corrected chi connectivity index (χ2v) is 6.78. The van der Waals surface area contributed by atoms with Gasteiger partial charge in [-0.3, -0.25) is 0 Å². The van der Waals surface area contributed by atoms with E-state index >= 15 is 0 Å². The maximum atomic E-state index is 12.0. The Hall–Kier alpha value is -1.57. The fourth-order valence-electron chi connectivity index (χ4n) is 1.46. The van der Waals surface area contributed by atoms with Crippen LogP contribution in [-0.4, -0.2) is 15.5 Å². The number of ether oxygens (including phenoxy) is 1. The van der Waals surface area contributed by atoms with Crippen molar-refractivity contribution in [3.8, 4) is 5.75 Å². The molecule has 2 rings (SSSR count). The van der Waals surface area contributed by atoms with Gasteiger partial charge in [0.2, 0.25) is 10.0 Å². The van der Waals surface area contributed by atoms with Gasteiger partial charge in [-0.2, -0.15) is 0 Å². The summed E-state index contributed by atoms with van der Waals surface area (Å²) in [5.41, 5.74) is 6.83. The van der Waals surface area contributed by atoms with E-state index in [1.807, 2.05) is 12.1 Å². The molecule has 102 valence electrons. The summed E-state index contributed by atoms with van der Waals surface area (Å²) in [6.07, 6.45) is 0. The molecule has 0 spiro atoms. The number of rotatable bonds is 5. The van der Waals surface area contributed by atoms with Crippen LogP contribution in [0.15, 0.2) is 39.9 Å². The van der Waals surface area contributed by atoms with Crippen LogP contribution in [0.1, 0.15) is 5.56 Å². The van der Waals surface area contributed by atoms with Crippen molar-refractivity contribution in [3.63, 3.8) is 0 Å². The number of sulfonamides is 1. The van der Waals surface area contributed by atoms with Crippen molar-refractivity contribution in [2.24, 2.45) is 0 Å². The molecule has 0 radical (unpaired) electrons. The summed E-state index contributed by atoms with van der Waals surface area (Å²) in [7, 11) is -1.91. The highest BCUT2D eigenvalue weighted by atomic mass is 32.2. The average Bonchev–Trinajstić information content (AvgIpc) is 2.85. The number of hydrogen-bond acceptors (Lipinski definition) is 5. The number of anilines is 1. The van der Waals surface area contributed by atoms with Gasteiger partial charge in [-0.25, -0.2) is 13.1 Å². The first-order valence-electron chi connectivity index (χ1n) is 5.48. The lowest BCUT2D eigenvalue weighted by Crippen LogP contribution is -2.22. The van der Waals surface area contributed by atoms with E-state index in [9.17, 15) is 8.42 Å². The van der Waals surface area contributed by atoms with Crippen LogP contribution < -0.4 is 15.2 Å². The molecule has 0 aliphatic rings. The molecule has 0 saturated carbocycles. The first-order valence-corrected chi connectivity index (χ1v) is 7.84. The van der Waals surface area contributed by atoms with Crippen LogP contribution >= 0.6 is 11.3 Å². The third-order valence-electron chi connectivity index (χ3n) is 2.49. The Morgan fingerprint density at radius 3 is 2.53 bits per heavy atom. The SMILES string of the molecule is COc1ccc(CNS(=O)(=O)c2cc(N)cs2)cc1. The van der Waals surface area contributed by atoms with Gasteiger partial charge in [0, 0.05) is 17.6 Å². The van der Waals surface area contributed by atoms with E-state index in [4.69, 9.17) is 10.5 Å². The van der Waals surface area contributed by atoms with E-state index in [0.717, 1.165) is 22.6 Å². The summed E-state index contributed by atoms with van der Waals surface area (Å²) >= 11 is 1.10. The maximum Gasteiger partial charge on any atom is 0.250 e. The number of nitrogens with one attached hydrogen (secondary N) is 1. The summed E-state index contributed by atoms with van der Waals surface area (Å²) in [5.74, 6) is 0.734. The third-order valence-corrected chi connectivity index (χ3v) is 5.34. The normalized spacial score (nSPS) is 11.4. The molecule has 0 aliphatic carbocycles. The van der Waals surface area contributed by atoms with Crippen LogP contribution in [0.4, 0.5) is 5.69 Å². The van der Waals surface area contributed by atoms with Gasteiger partial charge >= 0.3 is 0 Å². The van der Waals surface area contributed by atoms with Gasteiger partial charge in [-0.15, -0.1) is 11.3 Å². The van der Waals surface area contributed by atoms with Crippen LogP contribution in [0.5, 0.6) is 5.75 Å². The summed E-state index contributed by atoms with van der Waals surface area (Å²) in [5, 5.41) is 1.60. The first kappa shape index (κ1) is 13.9. The second kappa shape index (κ2) is 5.60. The molecule has 5 nitrogen and oxygen atoms in total. The summed E-state index contributed by atoms with van der Waals surface area (Å²) in [6.45, 7) is 0.226. The molecular weight excluding hydrogens is 284 g/mol. The molecule has 0 bridgehead atoms. The summed E-state index contributed by atoms with van der Waals surface area (Å²) in [6, 6.07) is 8.63. The van der Waals surface area contributed by atoms with Crippen molar-refractivity contribution in [1.82, 2.24) is 4.72 Å². The molecule has 7 heteroatoms. The van der Waals surface area contributed by atoms with Crippen LogP contribution in [0.25, 0.3) is 0 Å². The number of nitrogens with two attached hydrogens (primary N) is 1. The van der Waals surface area contributed by atoms with E-state index < -0.39 is 10.0 Å². The van der Waals surface area contributed by atoms with E-state index in [2.05, 4.69) is 4.72 Å². The number of nitrogen functional groups attached to an aromatic ring is 1. The molecular formula is C12H14N2O3S2. The lowest BCUT2D eigenvalue weighted by Gasteiger charge is -2.05. The largest absolute Gasteiger partial charge is 0.497 e. The first-order chi connectivity index (χ1) is 9.01. The van der Waals surface area contributed by atoms with Crippen molar-refractivity contribution in [3.05, 3.63) is 41.3 Å². The van der Waals surface area contributed by atoms with Gasteiger partial charge in [0.05, 0.1) is 7.11 Å². The highest BCUT2D eigenvalue weighted by molar-refractivity contribution is 7.91. The predicted molar refractivity (Wildman–Crippen MR) is 75.8 cm³/mol. The standard InChI is InChI=1S/C12H14N2O3S2/c1-17-11-4-2-9(3-5-11)7-14-19(15,16)12-6-10(13)8-18-12/h2-6,8,14H,7,13H2,1H3. The lowest BCUT2D eigenvalue weighted by molar-refractivity contribution is 0.414. The fraction of sp³-hybridized carbons (Fsp3) is 0.167. The van der Waals surface area contributed by atoms with E-state index in [1.54, 1.807) is 24.6 Å². The summed E-state index contributed by atoms with van der Waals surface area (Å²) in [4.78, 5) is 0. The zero-order chi connectivity index (χ0) is 13.9. The Labute approximate surface area is 116 Å². The maximum absolute atomic E-state index is 12.0. The molecule has 1 aromatic carbocycles. The van der Waals surface area contributed by atoms with Crippen LogP contribution in [0.3, 0.4) is 0 Å². The fourth-order valence-corrected chi connectivity index (χ4v) is 3.61. The number of benzene rings is 1. The summed E-state index contributed by atoms with van der Waals surface area (Å²) < 4.78 is 31.7. The van der Waals surface area contributed by atoms with Gasteiger partial charge < -0.3 is 10.5 Å². The Morgan fingerprint density at radius 2 is 2.00 bits per heavy atom. The monoisotopic (exact) mass is 298 g/mol. The molecule has 0 saturated heterocycles. The third kappa shape index (κ3) is 3.46. The quantitative estimate of drug-likeness (QED) is 0.882. The van der Waals surface area contributed by atoms with E-state index in [-0.39, 0.29) is 10.8 Å². The average molecular weight is 298 g/mol. The van der Waals surface area contributed by atoms with Gasteiger partial charge in [-0.1, -0.05) is 12.1 Å². The van der Waals surface area contributed by atoms with Crippen LogP contribution in [0, 0.1) is 0 Å². The topological polar surface area (TPSA) is 81.4 Å². The second-order valence-electron chi connectivity index (χ2n) is 3.87. The Bertz CT molecular complexity index is 648. The minimum Gasteiger partial charge on any atom is -0.497 e. The van der Waals surface area contributed by atoms with Crippen molar-refractivity contribution < 1.29 is 13.2 Å².